The number of hydrogen-bond acceptors (Lipinski definition) is 3. The van der Waals surface area contributed by atoms with Crippen LogP contribution in [0.5, 0.6) is 0 Å². The van der Waals surface area contributed by atoms with E-state index in [0.29, 0.717) is 12.3 Å². The molecule has 1 heterocycles. The smallest absolute Gasteiger partial charge is 0.309 e. The van der Waals surface area contributed by atoms with Crippen molar-refractivity contribution in [3.8, 4) is 0 Å². The van der Waals surface area contributed by atoms with Crippen LogP contribution in [0.1, 0.15) is 37.4 Å². The van der Waals surface area contributed by atoms with Gasteiger partial charge in [0, 0.05) is 29.8 Å². The Bertz CT molecular complexity index is 382. The van der Waals surface area contributed by atoms with Crippen LogP contribution in [0.4, 0.5) is 13.2 Å². The molecule has 1 unspecified atom stereocenters. The van der Waals surface area contributed by atoms with Gasteiger partial charge in [-0.05, 0) is 24.8 Å². The first kappa shape index (κ1) is 16.3. The van der Waals surface area contributed by atoms with Crippen molar-refractivity contribution < 1.29 is 13.2 Å². The monoisotopic (exact) mass is 292 g/mol. The Labute approximate surface area is 116 Å². The molecule has 0 amide bonds. The molecule has 0 fully saturated rings. The van der Waals surface area contributed by atoms with Gasteiger partial charge in [-0.1, -0.05) is 13.8 Å². The standard InChI is InChI=1S/C13H19F3N2S/c1-3-7-19-9-12(18-4-2)10-8-17-6-5-11(10)13(14,15)16/h5-6,8,12,18H,3-4,7,9H2,1-2H3. The zero-order valence-corrected chi connectivity index (χ0v) is 11.9. The van der Waals surface area contributed by atoms with Crippen molar-refractivity contribution in [1.82, 2.24) is 10.3 Å². The summed E-state index contributed by atoms with van der Waals surface area (Å²) in [6, 6.07) is 0.733. The second-order valence-corrected chi connectivity index (χ2v) is 5.30. The highest BCUT2D eigenvalue weighted by Gasteiger charge is 2.35. The van der Waals surface area contributed by atoms with Gasteiger partial charge in [0.25, 0.3) is 0 Å². The molecule has 0 saturated carbocycles. The van der Waals surface area contributed by atoms with Crippen LogP contribution in [0, 0.1) is 0 Å². The van der Waals surface area contributed by atoms with Crippen LogP contribution in [0.15, 0.2) is 18.5 Å². The average Bonchev–Trinajstić information content (AvgIpc) is 2.37. The van der Waals surface area contributed by atoms with Crippen molar-refractivity contribution in [2.45, 2.75) is 32.5 Å². The van der Waals surface area contributed by atoms with Crippen molar-refractivity contribution in [2.24, 2.45) is 0 Å². The molecular weight excluding hydrogens is 273 g/mol. The van der Waals surface area contributed by atoms with Gasteiger partial charge in [-0.15, -0.1) is 0 Å². The second-order valence-electron chi connectivity index (χ2n) is 4.15. The summed E-state index contributed by atoms with van der Waals surface area (Å²) in [5.41, 5.74) is -0.356. The minimum atomic E-state index is -4.33. The lowest BCUT2D eigenvalue weighted by Gasteiger charge is -2.21. The van der Waals surface area contributed by atoms with Gasteiger partial charge in [-0.2, -0.15) is 24.9 Å². The van der Waals surface area contributed by atoms with E-state index in [4.69, 9.17) is 0 Å². The molecule has 1 aromatic heterocycles. The Morgan fingerprint density at radius 3 is 2.68 bits per heavy atom. The van der Waals surface area contributed by atoms with Crippen molar-refractivity contribution >= 4 is 11.8 Å². The molecule has 0 aliphatic rings. The largest absolute Gasteiger partial charge is 0.416 e. The number of nitrogens with one attached hydrogen (secondary N) is 1. The first-order valence-corrected chi connectivity index (χ1v) is 7.48. The normalized spacial score (nSPS) is 13.5. The van der Waals surface area contributed by atoms with E-state index in [-0.39, 0.29) is 11.6 Å². The average molecular weight is 292 g/mol. The van der Waals surface area contributed by atoms with E-state index in [1.54, 1.807) is 11.8 Å². The highest BCUT2D eigenvalue weighted by atomic mass is 32.2. The summed E-state index contributed by atoms with van der Waals surface area (Å²) < 4.78 is 38.9. The van der Waals surface area contributed by atoms with E-state index in [2.05, 4.69) is 17.2 Å². The molecule has 2 nitrogen and oxygen atoms in total. The number of nitrogens with zero attached hydrogens (tertiary/aromatic N) is 1. The van der Waals surface area contributed by atoms with Crippen molar-refractivity contribution in [2.75, 3.05) is 18.1 Å². The molecule has 0 aliphatic heterocycles. The van der Waals surface area contributed by atoms with Crippen LogP contribution in [0.3, 0.4) is 0 Å². The van der Waals surface area contributed by atoms with Crippen LogP contribution in [0.25, 0.3) is 0 Å². The maximum atomic E-state index is 13.0. The topological polar surface area (TPSA) is 24.9 Å². The number of aromatic nitrogens is 1. The van der Waals surface area contributed by atoms with Crippen molar-refractivity contribution in [1.29, 1.82) is 0 Å². The summed E-state index contributed by atoms with van der Waals surface area (Å²) in [5.74, 6) is 1.57. The summed E-state index contributed by atoms with van der Waals surface area (Å²) >= 11 is 1.66. The third-order valence-corrected chi connectivity index (χ3v) is 3.88. The van der Waals surface area contributed by atoms with Gasteiger partial charge in [0.2, 0.25) is 0 Å². The van der Waals surface area contributed by atoms with E-state index < -0.39 is 11.7 Å². The molecule has 0 aromatic carbocycles. The minimum absolute atomic E-state index is 0.237. The molecule has 1 atom stereocenters. The minimum Gasteiger partial charge on any atom is -0.309 e. The van der Waals surface area contributed by atoms with Crippen molar-refractivity contribution in [3.63, 3.8) is 0 Å². The van der Waals surface area contributed by atoms with Crippen molar-refractivity contribution in [3.05, 3.63) is 29.6 Å². The predicted molar refractivity (Wildman–Crippen MR) is 73.3 cm³/mol. The van der Waals surface area contributed by atoms with Gasteiger partial charge >= 0.3 is 6.18 Å². The fraction of sp³-hybridized carbons (Fsp3) is 0.615. The fourth-order valence-corrected chi connectivity index (χ4v) is 2.78. The predicted octanol–water partition coefficient (Wildman–Crippen LogP) is 3.89. The van der Waals surface area contributed by atoms with E-state index >= 15 is 0 Å². The zero-order chi connectivity index (χ0) is 14.3. The molecule has 0 radical (unpaired) electrons. The summed E-state index contributed by atoms with van der Waals surface area (Å²) in [7, 11) is 0. The highest BCUT2D eigenvalue weighted by Crippen LogP contribution is 2.34. The SMILES string of the molecule is CCCSCC(NCC)c1cnccc1C(F)(F)F. The van der Waals surface area contributed by atoms with E-state index in [0.717, 1.165) is 18.2 Å². The van der Waals surface area contributed by atoms with E-state index in [1.807, 2.05) is 6.92 Å². The third kappa shape index (κ3) is 5.03. The summed E-state index contributed by atoms with van der Waals surface area (Å²) in [6.07, 6.45) is -0.804. The van der Waals surface area contributed by atoms with E-state index in [1.165, 1.54) is 12.4 Å². The quantitative estimate of drug-likeness (QED) is 0.772. The van der Waals surface area contributed by atoms with Gasteiger partial charge < -0.3 is 5.32 Å². The molecule has 19 heavy (non-hydrogen) atoms. The number of rotatable bonds is 7. The second kappa shape index (κ2) is 7.75. The molecule has 0 saturated heterocycles. The lowest BCUT2D eigenvalue weighted by atomic mass is 10.0. The van der Waals surface area contributed by atoms with Gasteiger partial charge in [-0.3, -0.25) is 4.98 Å². The zero-order valence-electron chi connectivity index (χ0n) is 11.1. The molecule has 0 bridgehead atoms. The maximum absolute atomic E-state index is 13.0. The molecule has 108 valence electrons. The third-order valence-electron chi connectivity index (χ3n) is 2.62. The Balaban J connectivity index is 2.95. The maximum Gasteiger partial charge on any atom is 0.416 e. The number of alkyl halides is 3. The lowest BCUT2D eigenvalue weighted by molar-refractivity contribution is -0.138. The van der Waals surface area contributed by atoms with Gasteiger partial charge in [0.05, 0.1) is 5.56 Å². The van der Waals surface area contributed by atoms with E-state index in [9.17, 15) is 13.2 Å². The van der Waals surface area contributed by atoms with Crippen LogP contribution in [0.2, 0.25) is 0 Å². The number of hydrogen-bond donors (Lipinski definition) is 1. The Kier molecular flexibility index (Phi) is 6.65. The van der Waals surface area contributed by atoms with Crippen LogP contribution in [-0.2, 0) is 6.18 Å². The summed E-state index contributed by atoms with van der Waals surface area (Å²) in [4.78, 5) is 3.84. The molecule has 1 N–H and O–H groups in total. The summed E-state index contributed by atoms with van der Waals surface area (Å²) in [5, 5.41) is 3.11. The molecule has 1 aromatic rings. The Morgan fingerprint density at radius 1 is 1.37 bits per heavy atom. The van der Waals surface area contributed by atoms with Gasteiger partial charge in [0.1, 0.15) is 0 Å². The first-order chi connectivity index (χ1) is 9.00. The number of pyridine rings is 1. The van der Waals surface area contributed by atoms with Crippen LogP contribution >= 0.6 is 11.8 Å². The summed E-state index contributed by atoms with van der Waals surface area (Å²) in [6.45, 7) is 4.57. The molecule has 6 heteroatoms. The lowest BCUT2D eigenvalue weighted by Crippen LogP contribution is -2.26. The first-order valence-electron chi connectivity index (χ1n) is 6.32. The number of thioether (sulfide) groups is 1. The number of halogens is 3. The van der Waals surface area contributed by atoms with Crippen LogP contribution < -0.4 is 5.32 Å². The molecule has 0 spiro atoms. The fourth-order valence-electron chi connectivity index (χ4n) is 1.79. The van der Waals surface area contributed by atoms with Gasteiger partial charge in [-0.25, -0.2) is 0 Å². The highest BCUT2D eigenvalue weighted by molar-refractivity contribution is 7.99. The Hall–Kier alpha value is -0.750. The molecule has 0 aliphatic carbocycles. The molecular formula is C13H19F3N2S. The Morgan fingerprint density at radius 2 is 2.11 bits per heavy atom. The van der Waals surface area contributed by atoms with Crippen LogP contribution in [-0.4, -0.2) is 23.0 Å². The molecule has 1 rings (SSSR count). The van der Waals surface area contributed by atoms with Gasteiger partial charge in [0.15, 0.2) is 0 Å².